The van der Waals surface area contributed by atoms with Crippen molar-refractivity contribution in [2.24, 2.45) is 4.99 Å². The summed E-state index contributed by atoms with van der Waals surface area (Å²) in [5.41, 5.74) is 1.37. The maximum absolute atomic E-state index is 12.3. The van der Waals surface area contributed by atoms with Crippen LogP contribution >= 0.6 is 23.4 Å². The van der Waals surface area contributed by atoms with Crippen LogP contribution in [0.15, 0.2) is 17.1 Å². The molecule has 0 spiro atoms. The molecule has 2 amide bonds. The Kier molecular flexibility index (Phi) is 5.01. The number of hydrogen-bond acceptors (Lipinski definition) is 5. The van der Waals surface area contributed by atoms with Crippen LogP contribution in [-0.4, -0.2) is 35.4 Å². The summed E-state index contributed by atoms with van der Waals surface area (Å²) in [5.74, 6) is 0.0580. The molecule has 1 atom stereocenters. The minimum atomic E-state index is -0.457. The van der Waals surface area contributed by atoms with E-state index in [4.69, 9.17) is 16.3 Å². The number of anilines is 1. The summed E-state index contributed by atoms with van der Waals surface area (Å²) >= 11 is 7.38. The quantitative estimate of drug-likeness (QED) is 0.838. The van der Waals surface area contributed by atoms with Gasteiger partial charge in [0.25, 0.3) is 0 Å². The summed E-state index contributed by atoms with van der Waals surface area (Å²) in [6.45, 7) is 1.85. The second-order valence-corrected chi connectivity index (χ2v) is 7.41. The van der Waals surface area contributed by atoms with Crippen LogP contribution in [-0.2, 0) is 9.59 Å². The van der Waals surface area contributed by atoms with Crippen molar-refractivity contribution in [3.8, 4) is 5.75 Å². The van der Waals surface area contributed by atoms with Crippen molar-refractivity contribution in [1.82, 2.24) is 5.32 Å². The molecular formula is C16H18ClN3O3S. The van der Waals surface area contributed by atoms with Crippen LogP contribution in [0.5, 0.6) is 5.75 Å². The molecule has 2 fully saturated rings. The van der Waals surface area contributed by atoms with Gasteiger partial charge in [-0.3, -0.25) is 14.6 Å². The number of nitrogens with one attached hydrogen (secondary N) is 2. The summed E-state index contributed by atoms with van der Waals surface area (Å²) in [6, 6.07) is 3.74. The zero-order valence-electron chi connectivity index (χ0n) is 13.4. The first-order valence-corrected chi connectivity index (χ1v) is 8.91. The number of rotatable bonds is 5. The molecule has 0 radical (unpaired) electrons. The molecule has 8 heteroatoms. The monoisotopic (exact) mass is 367 g/mol. The predicted molar refractivity (Wildman–Crippen MR) is 96.0 cm³/mol. The third-order valence-electron chi connectivity index (χ3n) is 3.75. The average molecular weight is 368 g/mol. The van der Waals surface area contributed by atoms with E-state index in [0.29, 0.717) is 27.7 Å². The summed E-state index contributed by atoms with van der Waals surface area (Å²) in [7, 11) is 1.51. The normalized spacial score (nSPS) is 21.7. The summed E-state index contributed by atoms with van der Waals surface area (Å²) in [4.78, 5) is 28.7. The van der Waals surface area contributed by atoms with E-state index < -0.39 is 5.25 Å². The number of carbonyl (C=O) groups is 2. The molecule has 2 aliphatic rings. The highest BCUT2D eigenvalue weighted by atomic mass is 35.5. The molecule has 1 heterocycles. The summed E-state index contributed by atoms with van der Waals surface area (Å²) < 4.78 is 5.24. The van der Waals surface area contributed by atoms with Gasteiger partial charge in [-0.2, -0.15) is 0 Å². The Balaban J connectivity index is 1.63. The number of halogens is 1. The molecular weight excluding hydrogens is 350 g/mol. The van der Waals surface area contributed by atoms with Gasteiger partial charge in [-0.05, 0) is 31.4 Å². The maximum atomic E-state index is 12.3. The van der Waals surface area contributed by atoms with E-state index in [-0.39, 0.29) is 18.2 Å². The topological polar surface area (TPSA) is 79.8 Å². The molecule has 128 valence electrons. The van der Waals surface area contributed by atoms with Crippen LogP contribution in [0.2, 0.25) is 5.02 Å². The molecule has 0 unspecified atom stereocenters. The molecule has 6 nitrogen and oxygen atoms in total. The van der Waals surface area contributed by atoms with Crippen molar-refractivity contribution in [1.29, 1.82) is 0 Å². The van der Waals surface area contributed by atoms with Gasteiger partial charge < -0.3 is 15.4 Å². The fourth-order valence-electron chi connectivity index (χ4n) is 2.27. The second-order valence-electron chi connectivity index (χ2n) is 5.82. The third-order valence-corrected chi connectivity index (χ3v) is 5.25. The number of nitrogens with zero attached hydrogens (tertiary/aromatic N) is 1. The number of benzene rings is 1. The Labute approximate surface area is 149 Å². The zero-order valence-corrected chi connectivity index (χ0v) is 15.0. The number of hydrogen-bond donors (Lipinski definition) is 2. The number of methoxy groups -OCH3 is 1. The van der Waals surface area contributed by atoms with E-state index >= 15 is 0 Å². The van der Waals surface area contributed by atoms with Gasteiger partial charge in [0.2, 0.25) is 11.8 Å². The smallest absolute Gasteiger partial charge is 0.240 e. The van der Waals surface area contributed by atoms with E-state index in [1.54, 1.807) is 12.1 Å². The first kappa shape index (κ1) is 17.1. The summed E-state index contributed by atoms with van der Waals surface area (Å²) in [6.07, 6.45) is 2.21. The highest BCUT2D eigenvalue weighted by molar-refractivity contribution is 8.15. The molecule has 2 N–H and O–H groups in total. The number of aliphatic imine (C=N–C) groups is 1. The lowest BCUT2D eigenvalue weighted by Crippen LogP contribution is -2.28. The van der Waals surface area contributed by atoms with Gasteiger partial charge in [0.05, 0.1) is 18.8 Å². The van der Waals surface area contributed by atoms with Crippen molar-refractivity contribution in [2.75, 3.05) is 12.4 Å². The highest BCUT2D eigenvalue weighted by Crippen LogP contribution is 2.32. The minimum Gasteiger partial charge on any atom is -0.495 e. The predicted octanol–water partition coefficient (Wildman–Crippen LogP) is 2.74. The Morgan fingerprint density at radius 3 is 2.92 bits per heavy atom. The lowest BCUT2D eigenvalue weighted by atomic mass is 10.2. The Bertz CT molecular complexity index is 719. The van der Waals surface area contributed by atoms with Gasteiger partial charge >= 0.3 is 0 Å². The minimum absolute atomic E-state index is 0.0744. The molecule has 24 heavy (non-hydrogen) atoms. The van der Waals surface area contributed by atoms with Crippen molar-refractivity contribution in [3.05, 3.63) is 22.7 Å². The molecule has 0 bridgehead atoms. The van der Waals surface area contributed by atoms with Gasteiger partial charge in [-0.1, -0.05) is 23.4 Å². The Hall–Kier alpha value is -1.73. The van der Waals surface area contributed by atoms with E-state index in [1.807, 2.05) is 6.92 Å². The molecule has 1 aromatic carbocycles. The first-order chi connectivity index (χ1) is 11.5. The van der Waals surface area contributed by atoms with Crippen LogP contribution in [0.4, 0.5) is 5.69 Å². The van der Waals surface area contributed by atoms with Crippen LogP contribution in [0.1, 0.15) is 24.8 Å². The number of amidine groups is 1. The lowest BCUT2D eigenvalue weighted by Gasteiger charge is -2.13. The molecule has 1 aliphatic heterocycles. The van der Waals surface area contributed by atoms with Crippen LogP contribution < -0.4 is 15.4 Å². The fourth-order valence-corrected chi connectivity index (χ4v) is 3.46. The molecule has 1 saturated carbocycles. The van der Waals surface area contributed by atoms with Crippen molar-refractivity contribution in [3.63, 3.8) is 0 Å². The highest BCUT2D eigenvalue weighted by Gasteiger charge is 2.33. The third kappa shape index (κ3) is 4.02. The van der Waals surface area contributed by atoms with Crippen LogP contribution in [0.25, 0.3) is 0 Å². The largest absolute Gasteiger partial charge is 0.495 e. The molecule has 1 aromatic rings. The van der Waals surface area contributed by atoms with Crippen LogP contribution in [0.3, 0.4) is 0 Å². The molecule has 3 rings (SSSR count). The summed E-state index contributed by atoms with van der Waals surface area (Å²) in [5, 5.41) is 6.26. The molecule has 1 aliphatic carbocycles. The van der Waals surface area contributed by atoms with Gasteiger partial charge in [-0.15, -0.1) is 0 Å². The Morgan fingerprint density at radius 2 is 2.25 bits per heavy atom. The number of aryl methyl sites for hydroxylation is 1. The number of ether oxygens (including phenoxy) is 1. The first-order valence-electron chi connectivity index (χ1n) is 7.65. The number of carbonyl (C=O) groups excluding carboxylic acids is 2. The maximum Gasteiger partial charge on any atom is 0.240 e. The van der Waals surface area contributed by atoms with E-state index in [9.17, 15) is 9.59 Å². The number of thioether (sulfide) groups is 1. The van der Waals surface area contributed by atoms with Gasteiger partial charge in [0.1, 0.15) is 11.0 Å². The van der Waals surface area contributed by atoms with Crippen molar-refractivity contribution < 1.29 is 14.3 Å². The number of amides is 2. The van der Waals surface area contributed by atoms with Gasteiger partial charge in [0.15, 0.2) is 5.17 Å². The SMILES string of the molecule is COc1cc(Cl)c(C)cc1NC(=O)C[C@@H]1SC(=NC2CC2)NC1=O. The second kappa shape index (κ2) is 7.03. The van der Waals surface area contributed by atoms with E-state index in [2.05, 4.69) is 15.6 Å². The molecule has 0 aromatic heterocycles. The Morgan fingerprint density at radius 1 is 1.50 bits per heavy atom. The van der Waals surface area contributed by atoms with Crippen molar-refractivity contribution >= 4 is 46.0 Å². The van der Waals surface area contributed by atoms with Gasteiger partial charge in [0, 0.05) is 17.5 Å². The zero-order chi connectivity index (χ0) is 17.3. The lowest BCUT2D eigenvalue weighted by molar-refractivity contribution is -0.122. The average Bonchev–Trinajstić information content (AvgIpc) is 3.27. The van der Waals surface area contributed by atoms with E-state index in [0.717, 1.165) is 18.4 Å². The molecule has 1 saturated heterocycles. The van der Waals surface area contributed by atoms with Crippen molar-refractivity contribution in [2.45, 2.75) is 37.5 Å². The van der Waals surface area contributed by atoms with Crippen LogP contribution in [0, 0.1) is 6.92 Å². The standard InChI is InChI=1S/C16H18ClN3O3S/c1-8-5-11(12(23-2)6-10(8)17)19-14(21)7-13-15(22)20-16(24-13)18-9-3-4-9/h5-6,9,13H,3-4,7H2,1-2H3,(H,19,21)(H,18,20,22)/t13-/m0/s1. The van der Waals surface area contributed by atoms with Gasteiger partial charge in [-0.25, -0.2) is 0 Å². The van der Waals surface area contributed by atoms with E-state index in [1.165, 1.54) is 18.9 Å². The fraction of sp³-hybridized carbons (Fsp3) is 0.438.